The molecule has 9 nitrogen and oxygen atoms in total. The maximum absolute atomic E-state index is 5.38. The highest BCUT2D eigenvalue weighted by Gasteiger charge is 2.11. The maximum atomic E-state index is 5.38. The molecular formula is C17H18N6O3. The standard InChI is InChI=1S/C17H18N6O3/c1-24-14-10-16(26-3)15(25-2)9-12(14)11-18-23-17(20-21-22-23)19-13-7-5-4-6-8-13/h4-11H,1-3H3,(H,19,20,22)/b18-11-. The van der Waals surface area contributed by atoms with Gasteiger partial charge in [-0.1, -0.05) is 28.1 Å². The van der Waals surface area contributed by atoms with Gasteiger partial charge in [0.25, 0.3) is 5.95 Å². The summed E-state index contributed by atoms with van der Waals surface area (Å²) in [6, 6.07) is 13.0. The van der Waals surface area contributed by atoms with Crippen molar-refractivity contribution in [1.82, 2.24) is 20.3 Å². The second-order valence-electron chi connectivity index (χ2n) is 5.08. The molecule has 0 aliphatic carbocycles. The van der Waals surface area contributed by atoms with E-state index >= 15 is 0 Å². The lowest BCUT2D eigenvalue weighted by Crippen LogP contribution is -2.02. The minimum atomic E-state index is 0.381. The summed E-state index contributed by atoms with van der Waals surface area (Å²) in [7, 11) is 4.69. The molecule has 1 N–H and O–H groups in total. The van der Waals surface area contributed by atoms with Gasteiger partial charge >= 0.3 is 0 Å². The van der Waals surface area contributed by atoms with Crippen LogP contribution in [0.5, 0.6) is 17.2 Å². The lowest BCUT2D eigenvalue weighted by Gasteiger charge is -2.11. The van der Waals surface area contributed by atoms with Crippen molar-refractivity contribution in [2.45, 2.75) is 0 Å². The molecule has 1 aromatic heterocycles. The third-order valence-electron chi connectivity index (χ3n) is 3.53. The zero-order valence-corrected chi connectivity index (χ0v) is 14.6. The van der Waals surface area contributed by atoms with Crippen molar-refractivity contribution in [2.75, 3.05) is 26.6 Å². The smallest absolute Gasteiger partial charge is 0.269 e. The molecule has 26 heavy (non-hydrogen) atoms. The maximum Gasteiger partial charge on any atom is 0.269 e. The molecule has 3 aromatic rings. The van der Waals surface area contributed by atoms with Crippen molar-refractivity contribution < 1.29 is 14.2 Å². The lowest BCUT2D eigenvalue weighted by molar-refractivity contribution is 0.349. The summed E-state index contributed by atoms with van der Waals surface area (Å²) in [6.45, 7) is 0. The number of benzene rings is 2. The van der Waals surface area contributed by atoms with Gasteiger partial charge in [0.15, 0.2) is 11.5 Å². The molecule has 9 heteroatoms. The lowest BCUT2D eigenvalue weighted by atomic mass is 10.2. The van der Waals surface area contributed by atoms with Crippen LogP contribution in [0.1, 0.15) is 5.56 Å². The Bertz CT molecular complexity index is 895. The minimum absolute atomic E-state index is 0.381. The summed E-state index contributed by atoms with van der Waals surface area (Å²) >= 11 is 0. The predicted octanol–water partition coefficient (Wildman–Crippen LogP) is 2.32. The normalized spacial score (nSPS) is 10.7. The number of tetrazole rings is 1. The molecular weight excluding hydrogens is 336 g/mol. The molecule has 0 radical (unpaired) electrons. The summed E-state index contributed by atoms with van der Waals surface area (Å²) < 4.78 is 16.0. The number of hydrogen-bond donors (Lipinski definition) is 1. The summed E-state index contributed by atoms with van der Waals surface area (Å²) in [5, 5.41) is 18.8. The zero-order chi connectivity index (χ0) is 18.4. The van der Waals surface area contributed by atoms with E-state index < -0.39 is 0 Å². The Morgan fingerprint density at radius 2 is 1.65 bits per heavy atom. The molecule has 0 amide bonds. The molecule has 2 aromatic carbocycles. The van der Waals surface area contributed by atoms with Crippen LogP contribution in [0.4, 0.5) is 11.6 Å². The van der Waals surface area contributed by atoms with Crippen LogP contribution in [-0.2, 0) is 0 Å². The third-order valence-corrected chi connectivity index (χ3v) is 3.53. The van der Waals surface area contributed by atoms with Gasteiger partial charge in [0, 0.05) is 17.3 Å². The average Bonchev–Trinajstić information content (AvgIpc) is 3.13. The van der Waals surface area contributed by atoms with Gasteiger partial charge in [0.2, 0.25) is 0 Å². The number of ether oxygens (including phenoxy) is 3. The Morgan fingerprint density at radius 1 is 0.962 bits per heavy atom. The van der Waals surface area contributed by atoms with Crippen molar-refractivity contribution in [1.29, 1.82) is 0 Å². The zero-order valence-electron chi connectivity index (χ0n) is 14.6. The van der Waals surface area contributed by atoms with E-state index in [2.05, 4.69) is 25.9 Å². The number of nitrogens with one attached hydrogen (secondary N) is 1. The van der Waals surface area contributed by atoms with Crippen LogP contribution in [0.15, 0.2) is 47.6 Å². The van der Waals surface area contributed by atoms with Gasteiger partial charge in [-0.2, -0.15) is 5.10 Å². The van der Waals surface area contributed by atoms with Crippen LogP contribution in [0.3, 0.4) is 0 Å². The van der Waals surface area contributed by atoms with E-state index in [1.807, 2.05) is 30.3 Å². The molecule has 0 aliphatic heterocycles. The van der Waals surface area contributed by atoms with Gasteiger partial charge in [-0.25, -0.2) is 0 Å². The Hall–Kier alpha value is -3.62. The predicted molar refractivity (Wildman–Crippen MR) is 96.6 cm³/mol. The Kier molecular flexibility index (Phi) is 5.28. The Labute approximate surface area is 150 Å². The van der Waals surface area contributed by atoms with E-state index in [0.29, 0.717) is 28.8 Å². The summed E-state index contributed by atoms with van der Waals surface area (Å²) in [5.41, 5.74) is 1.54. The van der Waals surface area contributed by atoms with Crippen molar-refractivity contribution in [3.8, 4) is 17.2 Å². The monoisotopic (exact) mass is 354 g/mol. The molecule has 0 spiro atoms. The van der Waals surface area contributed by atoms with E-state index in [0.717, 1.165) is 5.69 Å². The molecule has 134 valence electrons. The van der Waals surface area contributed by atoms with Gasteiger partial charge in [-0.15, -0.1) is 0 Å². The van der Waals surface area contributed by atoms with Gasteiger partial charge in [0.05, 0.1) is 27.5 Å². The van der Waals surface area contributed by atoms with E-state index in [9.17, 15) is 0 Å². The Balaban J connectivity index is 1.88. The summed E-state index contributed by atoms with van der Waals surface area (Å²) in [6.07, 6.45) is 1.58. The van der Waals surface area contributed by atoms with E-state index in [1.54, 1.807) is 39.7 Å². The highest BCUT2D eigenvalue weighted by Crippen LogP contribution is 2.33. The van der Waals surface area contributed by atoms with Gasteiger partial charge < -0.3 is 19.5 Å². The first kappa shape index (κ1) is 17.2. The van der Waals surface area contributed by atoms with Gasteiger partial charge in [0.1, 0.15) is 5.75 Å². The highest BCUT2D eigenvalue weighted by molar-refractivity contribution is 5.85. The molecule has 0 fully saturated rings. The second-order valence-corrected chi connectivity index (χ2v) is 5.08. The number of anilines is 2. The van der Waals surface area contributed by atoms with E-state index in [-0.39, 0.29) is 0 Å². The third kappa shape index (κ3) is 3.72. The topological polar surface area (TPSA) is 95.7 Å². The molecule has 0 aliphatic rings. The molecule has 0 unspecified atom stereocenters. The molecule has 0 atom stereocenters. The van der Waals surface area contributed by atoms with Crippen LogP contribution in [0, 0.1) is 0 Å². The largest absolute Gasteiger partial charge is 0.496 e. The number of nitrogens with zero attached hydrogens (tertiary/aromatic N) is 5. The average molecular weight is 354 g/mol. The quantitative estimate of drug-likeness (QED) is 0.651. The molecule has 0 saturated heterocycles. The fourth-order valence-electron chi connectivity index (χ4n) is 2.26. The van der Waals surface area contributed by atoms with Crippen molar-refractivity contribution in [3.05, 3.63) is 48.0 Å². The Morgan fingerprint density at radius 3 is 2.35 bits per heavy atom. The fraction of sp³-hybridized carbons (Fsp3) is 0.176. The number of rotatable bonds is 7. The van der Waals surface area contributed by atoms with E-state index in [1.165, 1.54) is 4.79 Å². The minimum Gasteiger partial charge on any atom is -0.496 e. The first-order chi connectivity index (χ1) is 12.7. The molecule has 0 bridgehead atoms. The number of hydrogen-bond acceptors (Lipinski definition) is 8. The molecule has 1 heterocycles. The van der Waals surface area contributed by atoms with Gasteiger partial charge in [-0.05, 0) is 28.6 Å². The summed E-state index contributed by atoms with van der Waals surface area (Å²) in [5.74, 6) is 2.09. The second kappa shape index (κ2) is 7.97. The van der Waals surface area contributed by atoms with Crippen molar-refractivity contribution in [2.24, 2.45) is 5.10 Å². The van der Waals surface area contributed by atoms with Crippen molar-refractivity contribution >= 4 is 17.9 Å². The van der Waals surface area contributed by atoms with Crippen LogP contribution < -0.4 is 19.5 Å². The summed E-state index contributed by atoms with van der Waals surface area (Å²) in [4.78, 5) is 1.28. The molecule has 0 saturated carbocycles. The van der Waals surface area contributed by atoms with Gasteiger partial charge in [-0.3, -0.25) is 0 Å². The SMILES string of the molecule is COc1cc(OC)c(OC)cc1/C=N\n1nnnc1Nc1ccccc1. The van der Waals surface area contributed by atoms with Crippen LogP contribution in [0.2, 0.25) is 0 Å². The number of para-hydroxylation sites is 1. The first-order valence-corrected chi connectivity index (χ1v) is 7.70. The highest BCUT2D eigenvalue weighted by atomic mass is 16.5. The first-order valence-electron chi connectivity index (χ1n) is 7.70. The molecule has 3 rings (SSSR count). The van der Waals surface area contributed by atoms with Crippen LogP contribution in [0.25, 0.3) is 0 Å². The number of aromatic nitrogens is 4. The number of methoxy groups -OCH3 is 3. The van der Waals surface area contributed by atoms with Crippen molar-refractivity contribution in [3.63, 3.8) is 0 Å². The van der Waals surface area contributed by atoms with Crippen LogP contribution >= 0.6 is 0 Å². The fourth-order valence-corrected chi connectivity index (χ4v) is 2.26. The van der Waals surface area contributed by atoms with E-state index in [4.69, 9.17) is 14.2 Å². The van der Waals surface area contributed by atoms with Crippen LogP contribution in [-0.4, -0.2) is 47.9 Å².